The number of ether oxygens (including phenoxy) is 2. The number of hydrogen-bond donors (Lipinski definition) is 1. The quantitative estimate of drug-likeness (QED) is 0.876. The molecule has 2 rings (SSSR count). The number of hydrogen-bond acceptors (Lipinski definition) is 5. The molecule has 0 saturated heterocycles. The highest BCUT2D eigenvalue weighted by Gasteiger charge is 2.06. The van der Waals surface area contributed by atoms with Gasteiger partial charge in [0.05, 0.1) is 0 Å². The van der Waals surface area contributed by atoms with Gasteiger partial charge in [0.15, 0.2) is 5.82 Å². The third-order valence-corrected chi connectivity index (χ3v) is 2.62. The van der Waals surface area contributed by atoms with Crippen molar-refractivity contribution in [1.29, 1.82) is 0 Å². The van der Waals surface area contributed by atoms with Crippen LogP contribution in [-0.4, -0.2) is 23.6 Å². The zero-order valence-electron chi connectivity index (χ0n) is 12.0. The van der Waals surface area contributed by atoms with Crippen molar-refractivity contribution in [2.75, 3.05) is 19.0 Å². The molecule has 0 fully saturated rings. The molecule has 0 aliphatic carbocycles. The maximum Gasteiger partial charge on any atom is 0.224 e. The fraction of sp³-hybridized carbons (Fsp3) is 0.333. The van der Waals surface area contributed by atoms with Gasteiger partial charge in [0, 0.05) is 19.7 Å². The predicted molar refractivity (Wildman–Crippen MR) is 78.2 cm³/mol. The van der Waals surface area contributed by atoms with Crippen LogP contribution in [0.3, 0.4) is 0 Å². The minimum absolute atomic E-state index is 0.351. The average Bonchev–Trinajstić information content (AvgIpc) is 2.42. The van der Waals surface area contributed by atoms with Crippen LogP contribution in [0.2, 0.25) is 0 Å². The topological polar surface area (TPSA) is 56.3 Å². The first-order chi connectivity index (χ1) is 9.71. The zero-order chi connectivity index (χ0) is 14.4. The summed E-state index contributed by atoms with van der Waals surface area (Å²) in [6.07, 6.45) is 0. The summed E-state index contributed by atoms with van der Waals surface area (Å²) < 4.78 is 10.8. The van der Waals surface area contributed by atoms with Gasteiger partial charge in [-0.1, -0.05) is 17.7 Å². The number of nitrogens with one attached hydrogen (secondary N) is 1. The van der Waals surface area contributed by atoms with Crippen LogP contribution in [0.5, 0.6) is 11.6 Å². The minimum atomic E-state index is 0.351. The van der Waals surface area contributed by atoms with Crippen LogP contribution >= 0.6 is 0 Å². The first-order valence-electron chi connectivity index (χ1n) is 6.56. The molecule has 0 unspecified atom stereocenters. The Kier molecular flexibility index (Phi) is 4.90. The first kappa shape index (κ1) is 14.3. The SMILES string of the molecule is CCNc1cc(Oc2ccc(C)cc2)nc(COC)n1. The van der Waals surface area contributed by atoms with E-state index in [-0.39, 0.29) is 0 Å². The van der Waals surface area contributed by atoms with Crippen LogP contribution in [0.25, 0.3) is 0 Å². The van der Waals surface area contributed by atoms with Gasteiger partial charge < -0.3 is 14.8 Å². The van der Waals surface area contributed by atoms with E-state index in [0.29, 0.717) is 18.3 Å². The van der Waals surface area contributed by atoms with E-state index in [1.54, 1.807) is 13.2 Å². The zero-order valence-corrected chi connectivity index (χ0v) is 12.0. The molecule has 1 aromatic heterocycles. The molecular weight excluding hydrogens is 254 g/mol. The minimum Gasteiger partial charge on any atom is -0.439 e. The summed E-state index contributed by atoms with van der Waals surface area (Å²) in [5, 5.41) is 3.15. The maximum atomic E-state index is 5.76. The molecule has 20 heavy (non-hydrogen) atoms. The molecule has 0 radical (unpaired) electrons. The lowest BCUT2D eigenvalue weighted by atomic mass is 10.2. The Morgan fingerprint density at radius 3 is 2.55 bits per heavy atom. The van der Waals surface area contributed by atoms with Crippen molar-refractivity contribution in [2.24, 2.45) is 0 Å². The fourth-order valence-electron chi connectivity index (χ4n) is 1.72. The second-order valence-electron chi connectivity index (χ2n) is 4.39. The smallest absolute Gasteiger partial charge is 0.224 e. The van der Waals surface area contributed by atoms with Gasteiger partial charge in [0.2, 0.25) is 5.88 Å². The molecule has 1 N–H and O–H groups in total. The summed E-state index contributed by atoms with van der Waals surface area (Å²) in [6, 6.07) is 9.61. The van der Waals surface area contributed by atoms with Crippen LogP contribution in [-0.2, 0) is 11.3 Å². The number of benzene rings is 1. The van der Waals surface area contributed by atoms with Gasteiger partial charge in [0.25, 0.3) is 0 Å². The van der Waals surface area contributed by atoms with E-state index in [9.17, 15) is 0 Å². The molecule has 0 aliphatic rings. The second-order valence-corrected chi connectivity index (χ2v) is 4.39. The highest BCUT2D eigenvalue weighted by atomic mass is 16.5. The molecule has 0 atom stereocenters. The van der Waals surface area contributed by atoms with E-state index in [1.807, 2.05) is 38.1 Å². The van der Waals surface area contributed by atoms with Gasteiger partial charge in [-0.15, -0.1) is 0 Å². The van der Waals surface area contributed by atoms with E-state index in [2.05, 4.69) is 15.3 Å². The summed E-state index contributed by atoms with van der Waals surface area (Å²) in [5.41, 5.74) is 1.19. The molecule has 5 heteroatoms. The summed E-state index contributed by atoms with van der Waals surface area (Å²) in [5.74, 6) is 2.58. The van der Waals surface area contributed by atoms with E-state index in [1.165, 1.54) is 5.56 Å². The molecule has 2 aromatic rings. The molecular formula is C15H19N3O2. The third kappa shape index (κ3) is 3.93. The Morgan fingerprint density at radius 1 is 1.15 bits per heavy atom. The normalized spacial score (nSPS) is 10.3. The molecule has 0 bridgehead atoms. The van der Waals surface area contributed by atoms with Crippen LogP contribution in [0.1, 0.15) is 18.3 Å². The van der Waals surface area contributed by atoms with Gasteiger partial charge in [-0.2, -0.15) is 4.98 Å². The van der Waals surface area contributed by atoms with Crippen LogP contribution in [0.4, 0.5) is 5.82 Å². The summed E-state index contributed by atoms with van der Waals surface area (Å²) >= 11 is 0. The van der Waals surface area contributed by atoms with Gasteiger partial charge in [0.1, 0.15) is 18.2 Å². The van der Waals surface area contributed by atoms with Crippen LogP contribution < -0.4 is 10.1 Å². The number of nitrogens with zero attached hydrogens (tertiary/aromatic N) is 2. The van der Waals surface area contributed by atoms with Gasteiger partial charge >= 0.3 is 0 Å². The highest BCUT2D eigenvalue weighted by Crippen LogP contribution is 2.22. The Labute approximate surface area is 119 Å². The molecule has 0 aliphatic heterocycles. The predicted octanol–water partition coefficient (Wildman–Crippen LogP) is 3.16. The van der Waals surface area contributed by atoms with Crippen molar-refractivity contribution in [3.8, 4) is 11.6 Å². The molecule has 106 valence electrons. The first-order valence-corrected chi connectivity index (χ1v) is 6.56. The lowest BCUT2D eigenvalue weighted by Crippen LogP contribution is -2.05. The Bertz CT molecular complexity index is 531. The summed E-state index contributed by atoms with van der Waals surface area (Å²) in [6.45, 7) is 5.18. The molecule has 0 amide bonds. The fourth-order valence-corrected chi connectivity index (χ4v) is 1.72. The highest BCUT2D eigenvalue weighted by molar-refractivity contribution is 5.40. The van der Waals surface area contributed by atoms with Crippen molar-refractivity contribution in [3.05, 3.63) is 41.7 Å². The second kappa shape index (κ2) is 6.86. The van der Waals surface area contributed by atoms with Crippen molar-refractivity contribution in [3.63, 3.8) is 0 Å². The lowest BCUT2D eigenvalue weighted by molar-refractivity contribution is 0.177. The Balaban J connectivity index is 2.22. The van der Waals surface area contributed by atoms with Crippen LogP contribution in [0, 0.1) is 6.92 Å². The van der Waals surface area contributed by atoms with Crippen molar-refractivity contribution in [1.82, 2.24) is 9.97 Å². The number of anilines is 1. The van der Waals surface area contributed by atoms with Gasteiger partial charge in [-0.3, -0.25) is 0 Å². The van der Waals surface area contributed by atoms with Crippen molar-refractivity contribution >= 4 is 5.82 Å². The lowest BCUT2D eigenvalue weighted by Gasteiger charge is -2.09. The number of methoxy groups -OCH3 is 1. The third-order valence-electron chi connectivity index (χ3n) is 2.62. The molecule has 0 saturated carbocycles. The van der Waals surface area contributed by atoms with E-state index in [4.69, 9.17) is 9.47 Å². The standard InChI is InChI=1S/C15H19N3O2/c1-4-16-13-9-15(18-14(17-13)10-19-3)20-12-7-5-11(2)6-8-12/h5-9H,4,10H2,1-3H3,(H,16,17,18). The number of aromatic nitrogens is 2. The van der Waals surface area contributed by atoms with E-state index < -0.39 is 0 Å². The van der Waals surface area contributed by atoms with Gasteiger partial charge in [-0.25, -0.2) is 4.98 Å². The number of rotatable bonds is 6. The monoisotopic (exact) mass is 273 g/mol. The van der Waals surface area contributed by atoms with E-state index >= 15 is 0 Å². The molecule has 1 heterocycles. The Hall–Kier alpha value is -2.14. The van der Waals surface area contributed by atoms with E-state index in [0.717, 1.165) is 18.1 Å². The van der Waals surface area contributed by atoms with Crippen molar-refractivity contribution < 1.29 is 9.47 Å². The number of aryl methyl sites for hydroxylation is 1. The maximum absolute atomic E-state index is 5.76. The summed E-state index contributed by atoms with van der Waals surface area (Å²) in [4.78, 5) is 8.67. The molecule has 1 aromatic carbocycles. The largest absolute Gasteiger partial charge is 0.439 e. The van der Waals surface area contributed by atoms with Crippen molar-refractivity contribution in [2.45, 2.75) is 20.5 Å². The summed E-state index contributed by atoms with van der Waals surface area (Å²) in [7, 11) is 1.61. The van der Waals surface area contributed by atoms with Crippen LogP contribution in [0.15, 0.2) is 30.3 Å². The van der Waals surface area contributed by atoms with Gasteiger partial charge in [-0.05, 0) is 26.0 Å². The molecule has 0 spiro atoms. The Morgan fingerprint density at radius 2 is 1.90 bits per heavy atom. The average molecular weight is 273 g/mol. The molecule has 5 nitrogen and oxygen atoms in total.